The molecular weight excluding hydrogens is 163 g/mol. The molecule has 1 rings (SSSR count). The van der Waals surface area contributed by atoms with Crippen molar-refractivity contribution in [1.82, 2.24) is 9.55 Å². The van der Waals surface area contributed by atoms with Crippen molar-refractivity contribution in [3.8, 4) is 0 Å². The maximum atomic E-state index is 12.1. The summed E-state index contributed by atoms with van der Waals surface area (Å²) >= 11 is 0. The van der Waals surface area contributed by atoms with Gasteiger partial charge < -0.3 is 9.67 Å². The van der Waals surface area contributed by atoms with E-state index in [0.29, 0.717) is 0 Å². The summed E-state index contributed by atoms with van der Waals surface area (Å²) in [6.07, 6.45) is 2.63. The van der Waals surface area contributed by atoms with Crippen LogP contribution < -0.4 is 0 Å². The molecule has 1 atom stereocenters. The van der Waals surface area contributed by atoms with Crippen molar-refractivity contribution < 1.29 is 14.3 Å². The molecule has 5 heteroatoms. The quantitative estimate of drug-likeness (QED) is 0.743. The number of imidazole rings is 1. The van der Waals surface area contributed by atoms with Crippen LogP contribution in [0.1, 0.15) is 23.5 Å². The number of aromatic nitrogens is 2. The molecule has 0 amide bonds. The van der Waals surface area contributed by atoms with Gasteiger partial charge in [-0.2, -0.15) is 0 Å². The molecule has 0 aliphatic heterocycles. The molecule has 0 aliphatic rings. The number of carbonyl (C=O) groups is 1. The van der Waals surface area contributed by atoms with Gasteiger partial charge in [-0.15, -0.1) is 0 Å². The zero-order chi connectivity index (χ0) is 9.14. The Bertz CT molecular complexity index is 285. The van der Waals surface area contributed by atoms with Crippen LogP contribution in [0.4, 0.5) is 4.39 Å². The molecule has 0 aliphatic carbocycles. The highest BCUT2D eigenvalue weighted by molar-refractivity contribution is 5.84. The van der Waals surface area contributed by atoms with Crippen molar-refractivity contribution in [2.75, 3.05) is 6.67 Å². The molecule has 0 unspecified atom stereocenters. The summed E-state index contributed by atoms with van der Waals surface area (Å²) in [4.78, 5) is 13.9. The standard InChI is InChI=1S/C7H9FN2O2/c1-5(2-8)10-3-6(7(11)12)9-4-10/h3-5H,2H2,1H3,(H,11,12)/t5-/m1/s1. The summed E-state index contributed by atoms with van der Waals surface area (Å²) < 4.78 is 13.5. The number of alkyl halides is 1. The Morgan fingerprint density at radius 2 is 2.58 bits per heavy atom. The Labute approximate surface area is 68.7 Å². The van der Waals surface area contributed by atoms with Crippen LogP contribution >= 0.6 is 0 Å². The van der Waals surface area contributed by atoms with Gasteiger partial charge in [-0.05, 0) is 6.92 Å². The van der Waals surface area contributed by atoms with Crippen LogP contribution in [0.5, 0.6) is 0 Å². The lowest BCUT2D eigenvalue weighted by Crippen LogP contribution is -2.04. The van der Waals surface area contributed by atoms with E-state index in [0.717, 1.165) is 0 Å². The number of carboxylic acid groups (broad SMARTS) is 1. The van der Waals surface area contributed by atoms with Crippen molar-refractivity contribution in [3.05, 3.63) is 18.2 Å². The summed E-state index contributed by atoms with van der Waals surface area (Å²) in [5, 5.41) is 8.48. The molecule has 0 saturated heterocycles. The highest BCUT2D eigenvalue weighted by Gasteiger charge is 2.09. The van der Waals surface area contributed by atoms with Crippen molar-refractivity contribution in [1.29, 1.82) is 0 Å². The lowest BCUT2D eigenvalue weighted by atomic mass is 10.4. The van der Waals surface area contributed by atoms with E-state index in [9.17, 15) is 9.18 Å². The molecule has 1 aromatic rings. The molecular formula is C7H9FN2O2. The summed E-state index contributed by atoms with van der Waals surface area (Å²) in [6, 6.07) is -0.356. The van der Waals surface area contributed by atoms with E-state index in [4.69, 9.17) is 5.11 Å². The average molecular weight is 172 g/mol. The maximum absolute atomic E-state index is 12.1. The Balaban J connectivity index is 2.84. The second-order valence-corrected chi connectivity index (χ2v) is 2.51. The molecule has 1 aromatic heterocycles. The van der Waals surface area contributed by atoms with E-state index >= 15 is 0 Å². The molecule has 66 valence electrons. The maximum Gasteiger partial charge on any atom is 0.356 e. The van der Waals surface area contributed by atoms with Crippen molar-refractivity contribution in [3.63, 3.8) is 0 Å². The summed E-state index contributed by atoms with van der Waals surface area (Å²) in [6.45, 7) is 1.11. The number of halogens is 1. The lowest BCUT2D eigenvalue weighted by Gasteiger charge is -2.05. The van der Waals surface area contributed by atoms with E-state index in [1.165, 1.54) is 17.1 Å². The third-order valence-electron chi connectivity index (χ3n) is 1.55. The fraction of sp³-hybridized carbons (Fsp3) is 0.429. The number of carboxylic acids is 1. The van der Waals surface area contributed by atoms with Crippen LogP contribution in [0.15, 0.2) is 12.5 Å². The second-order valence-electron chi connectivity index (χ2n) is 2.51. The molecule has 0 fully saturated rings. The third kappa shape index (κ3) is 1.61. The predicted octanol–water partition coefficient (Wildman–Crippen LogP) is 1.11. The number of aromatic carboxylic acids is 1. The summed E-state index contributed by atoms with van der Waals surface area (Å²) in [5.41, 5.74) is -0.0599. The van der Waals surface area contributed by atoms with Crippen molar-refractivity contribution in [2.45, 2.75) is 13.0 Å². The summed E-state index contributed by atoms with van der Waals surface area (Å²) in [5.74, 6) is -1.10. The zero-order valence-corrected chi connectivity index (χ0v) is 6.57. The molecule has 4 nitrogen and oxygen atoms in total. The average Bonchev–Trinajstić information content (AvgIpc) is 2.51. The molecule has 1 heterocycles. The third-order valence-corrected chi connectivity index (χ3v) is 1.55. The monoisotopic (exact) mass is 172 g/mol. The van der Waals surface area contributed by atoms with Crippen molar-refractivity contribution in [2.24, 2.45) is 0 Å². The molecule has 0 spiro atoms. The van der Waals surface area contributed by atoms with Gasteiger partial charge >= 0.3 is 5.97 Å². The predicted molar refractivity (Wildman–Crippen MR) is 39.9 cm³/mol. The van der Waals surface area contributed by atoms with E-state index < -0.39 is 12.6 Å². The van der Waals surface area contributed by atoms with Gasteiger partial charge in [-0.25, -0.2) is 14.2 Å². The van der Waals surface area contributed by atoms with Crippen LogP contribution in [0.2, 0.25) is 0 Å². The first-order valence-corrected chi connectivity index (χ1v) is 3.48. The molecule has 0 saturated carbocycles. The van der Waals surface area contributed by atoms with Gasteiger partial charge in [0.05, 0.1) is 12.4 Å². The van der Waals surface area contributed by atoms with E-state index in [2.05, 4.69) is 4.98 Å². The highest BCUT2D eigenvalue weighted by atomic mass is 19.1. The van der Waals surface area contributed by atoms with Crippen LogP contribution in [-0.4, -0.2) is 27.3 Å². The minimum absolute atomic E-state index is 0.0599. The Hall–Kier alpha value is -1.39. The number of hydrogen-bond donors (Lipinski definition) is 1. The first kappa shape index (κ1) is 8.70. The fourth-order valence-electron chi connectivity index (χ4n) is 0.768. The topological polar surface area (TPSA) is 55.1 Å². The minimum Gasteiger partial charge on any atom is -0.476 e. The normalized spacial score (nSPS) is 12.8. The molecule has 0 radical (unpaired) electrons. The molecule has 0 bridgehead atoms. The first-order valence-electron chi connectivity index (χ1n) is 3.48. The van der Waals surface area contributed by atoms with Gasteiger partial charge in [-0.3, -0.25) is 0 Å². The van der Waals surface area contributed by atoms with E-state index in [1.54, 1.807) is 6.92 Å². The summed E-state index contributed by atoms with van der Waals surface area (Å²) in [7, 11) is 0. The largest absolute Gasteiger partial charge is 0.476 e. The molecule has 0 aromatic carbocycles. The first-order chi connectivity index (χ1) is 5.65. The van der Waals surface area contributed by atoms with Gasteiger partial charge in [0.1, 0.15) is 6.67 Å². The Kier molecular flexibility index (Phi) is 2.42. The molecule has 12 heavy (non-hydrogen) atoms. The lowest BCUT2D eigenvalue weighted by molar-refractivity contribution is 0.0691. The van der Waals surface area contributed by atoms with Gasteiger partial charge in [0.25, 0.3) is 0 Å². The highest BCUT2D eigenvalue weighted by Crippen LogP contribution is 2.06. The zero-order valence-electron chi connectivity index (χ0n) is 6.57. The smallest absolute Gasteiger partial charge is 0.356 e. The SMILES string of the molecule is C[C@H](CF)n1cnc(C(=O)O)c1. The van der Waals surface area contributed by atoms with Crippen LogP contribution in [0, 0.1) is 0 Å². The van der Waals surface area contributed by atoms with Crippen LogP contribution in [0.3, 0.4) is 0 Å². The Morgan fingerprint density at radius 3 is 3.00 bits per heavy atom. The number of nitrogens with zero attached hydrogens (tertiary/aromatic N) is 2. The minimum atomic E-state index is -1.10. The Morgan fingerprint density at radius 1 is 1.92 bits per heavy atom. The second kappa shape index (κ2) is 3.34. The fourth-order valence-corrected chi connectivity index (χ4v) is 0.768. The molecule has 1 N–H and O–H groups in total. The van der Waals surface area contributed by atoms with Crippen molar-refractivity contribution >= 4 is 5.97 Å². The van der Waals surface area contributed by atoms with Gasteiger partial charge in [-0.1, -0.05) is 0 Å². The van der Waals surface area contributed by atoms with E-state index in [1.807, 2.05) is 0 Å². The van der Waals surface area contributed by atoms with Crippen LogP contribution in [0.25, 0.3) is 0 Å². The van der Waals surface area contributed by atoms with Gasteiger partial charge in [0.15, 0.2) is 5.69 Å². The number of hydrogen-bond acceptors (Lipinski definition) is 2. The van der Waals surface area contributed by atoms with Gasteiger partial charge in [0, 0.05) is 6.20 Å². The number of rotatable bonds is 3. The van der Waals surface area contributed by atoms with E-state index in [-0.39, 0.29) is 11.7 Å². The van der Waals surface area contributed by atoms with Gasteiger partial charge in [0.2, 0.25) is 0 Å². The van der Waals surface area contributed by atoms with Crippen LogP contribution in [-0.2, 0) is 0 Å².